The molecular formula is C6H7N2O2+. The largest absolute Gasteiger partial charge is 0.420 e. The maximum atomic E-state index is 10.8. The first-order valence-corrected chi connectivity index (χ1v) is 2.79. The first-order valence-electron chi connectivity index (χ1n) is 2.79. The Morgan fingerprint density at radius 3 is 3.20 bits per heavy atom. The Morgan fingerprint density at radius 1 is 1.90 bits per heavy atom. The topological polar surface area (TPSA) is 55.0 Å². The summed E-state index contributed by atoms with van der Waals surface area (Å²) in [5.41, 5.74) is 0.420. The number of nitrogens with zero attached hydrogens (tertiary/aromatic N) is 1. The quantitative estimate of drug-likeness (QED) is 0.476. The highest BCUT2D eigenvalue weighted by Crippen LogP contribution is 1.95. The Kier molecular flexibility index (Phi) is 1.94. The zero-order chi connectivity index (χ0) is 7.40. The molecule has 0 aliphatic rings. The Hall–Kier alpha value is -1.45. The normalized spacial score (nSPS) is 9.20. The van der Waals surface area contributed by atoms with Crippen LogP contribution in [0.5, 0.6) is 0 Å². The highest BCUT2D eigenvalue weighted by molar-refractivity contribution is 5.88. The average molecular weight is 139 g/mol. The summed E-state index contributed by atoms with van der Waals surface area (Å²) in [4.78, 5) is 10.8. The second-order valence-electron chi connectivity index (χ2n) is 1.62. The molecule has 1 N–H and O–H groups in total. The summed E-state index contributed by atoms with van der Waals surface area (Å²) < 4.78 is 4.58. The van der Waals surface area contributed by atoms with Gasteiger partial charge < -0.3 is 4.74 Å². The lowest BCUT2D eigenvalue weighted by Crippen LogP contribution is -2.02. The van der Waals surface area contributed by atoms with Gasteiger partial charge in [0, 0.05) is 6.20 Å². The van der Waals surface area contributed by atoms with Crippen LogP contribution in [0.25, 0.3) is 0 Å². The minimum absolute atomic E-state index is 0.143. The number of esters is 1. The molecule has 0 fully saturated rings. The monoisotopic (exact) mass is 139 g/mol. The number of hydrogen-bond acceptors (Lipinski definition) is 3. The zero-order valence-electron chi connectivity index (χ0n) is 5.33. The van der Waals surface area contributed by atoms with Crippen molar-refractivity contribution in [2.75, 3.05) is 6.61 Å². The van der Waals surface area contributed by atoms with Crippen LogP contribution in [0.4, 0.5) is 0 Å². The fourth-order valence-electron chi connectivity index (χ4n) is 0.539. The second-order valence-corrected chi connectivity index (χ2v) is 1.62. The van der Waals surface area contributed by atoms with Crippen LogP contribution in [-0.4, -0.2) is 22.8 Å². The Bertz CT molecular complexity index is 206. The van der Waals surface area contributed by atoms with Crippen molar-refractivity contribution < 1.29 is 9.53 Å². The van der Waals surface area contributed by atoms with E-state index in [0.717, 1.165) is 0 Å². The fraction of sp³-hybridized carbons (Fsp3) is 0.167. The first kappa shape index (κ1) is 6.67. The highest BCUT2D eigenvalue weighted by atomic mass is 16.5. The number of carbonyl (C=O) groups is 1. The maximum Gasteiger partial charge on any atom is 0.344 e. The number of hydrogen-bond donors (Lipinski definition) is 1. The molecule has 52 valence electrons. The molecule has 4 heteroatoms. The van der Waals surface area contributed by atoms with E-state index in [9.17, 15) is 4.79 Å². The number of nitrogens with one attached hydrogen (secondary N) is 1. The molecule has 1 aromatic rings. The Morgan fingerprint density at radius 2 is 2.70 bits per heavy atom. The van der Waals surface area contributed by atoms with Gasteiger partial charge in [-0.15, -0.1) is 0 Å². The van der Waals surface area contributed by atoms with Gasteiger partial charge in [0.1, 0.15) is 6.92 Å². The maximum absolute atomic E-state index is 10.8. The van der Waals surface area contributed by atoms with Crippen LogP contribution in [0, 0.1) is 6.92 Å². The lowest BCUT2D eigenvalue weighted by Gasteiger charge is -1.91. The molecule has 4 nitrogen and oxygen atoms in total. The number of carbonyl (C=O) groups excluding carboxylic acids is 1. The number of rotatable bonds is 2. The summed E-state index contributed by atoms with van der Waals surface area (Å²) in [7, 11) is 0. The van der Waals surface area contributed by atoms with Crippen molar-refractivity contribution in [2.45, 2.75) is 0 Å². The molecule has 10 heavy (non-hydrogen) atoms. The smallest absolute Gasteiger partial charge is 0.344 e. The molecule has 1 aromatic heterocycles. The van der Waals surface area contributed by atoms with Gasteiger partial charge in [-0.3, -0.25) is 5.10 Å². The second kappa shape index (κ2) is 2.91. The summed E-state index contributed by atoms with van der Waals surface area (Å²) in [5.74, 6) is -0.399. The number of aromatic nitrogens is 2. The van der Waals surface area contributed by atoms with Gasteiger partial charge in [-0.05, 0) is 0 Å². The highest BCUT2D eigenvalue weighted by Gasteiger charge is 2.06. The van der Waals surface area contributed by atoms with Crippen molar-refractivity contribution in [3.63, 3.8) is 0 Å². The van der Waals surface area contributed by atoms with E-state index in [1.807, 2.05) is 0 Å². The SMILES string of the molecule is [CH2+]COC(=O)c1cn[nH]c1. The molecule has 0 saturated heterocycles. The zero-order valence-corrected chi connectivity index (χ0v) is 5.33. The van der Waals surface area contributed by atoms with Gasteiger partial charge >= 0.3 is 5.97 Å². The number of H-pyrrole nitrogens is 1. The van der Waals surface area contributed by atoms with E-state index in [0.29, 0.717) is 5.56 Å². The van der Waals surface area contributed by atoms with E-state index in [4.69, 9.17) is 0 Å². The van der Waals surface area contributed by atoms with Gasteiger partial charge in [-0.25, -0.2) is 4.79 Å². The van der Waals surface area contributed by atoms with E-state index in [-0.39, 0.29) is 6.61 Å². The van der Waals surface area contributed by atoms with E-state index >= 15 is 0 Å². The van der Waals surface area contributed by atoms with Crippen LogP contribution in [0.15, 0.2) is 12.4 Å². The van der Waals surface area contributed by atoms with Crippen LogP contribution in [0.3, 0.4) is 0 Å². The minimum atomic E-state index is -0.399. The molecule has 0 aliphatic carbocycles. The van der Waals surface area contributed by atoms with Crippen molar-refractivity contribution >= 4 is 5.97 Å². The van der Waals surface area contributed by atoms with E-state index in [1.54, 1.807) is 0 Å². The van der Waals surface area contributed by atoms with Gasteiger partial charge in [-0.1, -0.05) is 0 Å². The molecular weight excluding hydrogens is 132 g/mol. The predicted octanol–water partition coefficient (Wildman–Crippen LogP) is 0.401. The molecule has 0 atom stereocenters. The van der Waals surface area contributed by atoms with E-state index in [2.05, 4.69) is 21.9 Å². The molecule has 0 radical (unpaired) electrons. The summed E-state index contributed by atoms with van der Waals surface area (Å²) in [6, 6.07) is 0. The van der Waals surface area contributed by atoms with Crippen LogP contribution < -0.4 is 0 Å². The molecule has 0 aliphatic heterocycles. The third-order valence-electron chi connectivity index (χ3n) is 0.967. The van der Waals surface area contributed by atoms with Gasteiger partial charge in [0.05, 0.1) is 11.8 Å². The molecule has 0 aromatic carbocycles. The average Bonchev–Trinajstić information content (AvgIpc) is 2.38. The van der Waals surface area contributed by atoms with Crippen LogP contribution >= 0.6 is 0 Å². The molecule has 0 unspecified atom stereocenters. The van der Waals surface area contributed by atoms with Crippen molar-refractivity contribution in [3.8, 4) is 0 Å². The van der Waals surface area contributed by atoms with Crippen molar-refractivity contribution in [1.29, 1.82) is 0 Å². The molecule has 0 bridgehead atoms. The van der Waals surface area contributed by atoms with E-state index in [1.165, 1.54) is 12.4 Å². The van der Waals surface area contributed by atoms with Gasteiger partial charge in [-0.2, -0.15) is 5.10 Å². The summed E-state index contributed by atoms with van der Waals surface area (Å²) >= 11 is 0. The van der Waals surface area contributed by atoms with E-state index < -0.39 is 5.97 Å². The van der Waals surface area contributed by atoms with Crippen LogP contribution in [0.1, 0.15) is 10.4 Å². The van der Waals surface area contributed by atoms with Crippen molar-refractivity contribution in [2.24, 2.45) is 0 Å². The van der Waals surface area contributed by atoms with Crippen LogP contribution in [-0.2, 0) is 4.74 Å². The standard InChI is InChI=1S/C6H6N2O2/c1-2-10-6(9)5-3-7-8-4-5/h3-4H,1-2H2/p+1. The number of ether oxygens (including phenoxy) is 1. The molecule has 0 saturated carbocycles. The van der Waals surface area contributed by atoms with Gasteiger partial charge in [0.2, 0.25) is 6.61 Å². The lowest BCUT2D eigenvalue weighted by atomic mass is 10.4. The fourth-order valence-corrected chi connectivity index (χ4v) is 0.539. The summed E-state index contributed by atoms with van der Waals surface area (Å²) in [6.07, 6.45) is 2.87. The molecule has 1 heterocycles. The summed E-state index contributed by atoms with van der Waals surface area (Å²) in [5, 5.41) is 6.08. The van der Waals surface area contributed by atoms with Crippen LogP contribution in [0.2, 0.25) is 0 Å². The lowest BCUT2D eigenvalue weighted by molar-refractivity contribution is 0.0547. The third kappa shape index (κ3) is 1.28. The Labute approximate surface area is 58.2 Å². The van der Waals surface area contributed by atoms with Crippen molar-refractivity contribution in [3.05, 3.63) is 24.9 Å². The summed E-state index contributed by atoms with van der Waals surface area (Å²) in [6.45, 7) is 3.50. The predicted molar refractivity (Wildman–Crippen MR) is 34.2 cm³/mol. The minimum Gasteiger partial charge on any atom is -0.420 e. The first-order chi connectivity index (χ1) is 4.84. The number of aromatic amines is 1. The van der Waals surface area contributed by atoms with Gasteiger partial charge in [0.25, 0.3) is 0 Å². The third-order valence-corrected chi connectivity index (χ3v) is 0.967. The molecule has 0 amide bonds. The molecule has 0 spiro atoms. The molecule has 1 rings (SSSR count). The van der Waals surface area contributed by atoms with Gasteiger partial charge in [0.15, 0.2) is 0 Å². The van der Waals surface area contributed by atoms with Crippen molar-refractivity contribution in [1.82, 2.24) is 10.2 Å². The Balaban J connectivity index is 2.59.